The lowest BCUT2D eigenvalue weighted by Gasteiger charge is -2.24. The number of fused-ring (bicyclic) bond motifs is 1. The number of nitrogens with two attached hydrogens (primary N) is 1. The van der Waals surface area contributed by atoms with E-state index in [-0.39, 0.29) is 5.97 Å². The molecule has 1 unspecified atom stereocenters. The van der Waals surface area contributed by atoms with Crippen molar-refractivity contribution in [3.8, 4) is 0 Å². The lowest BCUT2D eigenvalue weighted by molar-refractivity contribution is -0.138. The van der Waals surface area contributed by atoms with E-state index in [1.54, 1.807) is 6.92 Å². The summed E-state index contributed by atoms with van der Waals surface area (Å²) in [5.41, 5.74) is 9.41. The molecule has 0 aliphatic heterocycles. The smallest absolute Gasteiger partial charge is 0.336 e. The Morgan fingerprint density at radius 2 is 2.18 bits per heavy atom. The number of ether oxygens (including phenoxy) is 1. The number of hydrogen-bond acceptors (Lipinski definition) is 3. The monoisotopic (exact) mass is 231 g/mol. The number of benzene rings is 1. The van der Waals surface area contributed by atoms with Crippen LogP contribution in [0.1, 0.15) is 37.3 Å². The number of carbonyl (C=O) groups is 1. The van der Waals surface area contributed by atoms with E-state index >= 15 is 0 Å². The predicted molar refractivity (Wildman–Crippen MR) is 67.2 cm³/mol. The minimum atomic E-state index is -0.286. The summed E-state index contributed by atoms with van der Waals surface area (Å²) in [4.78, 5) is 11.8. The molecular weight excluding hydrogens is 214 g/mol. The molecular formula is C14H17NO2. The molecule has 2 rings (SSSR count). The molecule has 0 saturated heterocycles. The van der Waals surface area contributed by atoms with Crippen molar-refractivity contribution >= 4 is 11.7 Å². The zero-order valence-electron chi connectivity index (χ0n) is 10.2. The molecule has 0 amide bonds. The van der Waals surface area contributed by atoms with Gasteiger partial charge < -0.3 is 10.5 Å². The summed E-state index contributed by atoms with van der Waals surface area (Å²) in [6.07, 6.45) is 0.654. The third-order valence-corrected chi connectivity index (χ3v) is 3.14. The van der Waals surface area contributed by atoms with Gasteiger partial charge in [0.1, 0.15) is 0 Å². The lowest BCUT2D eigenvalue weighted by atomic mass is 9.82. The summed E-state index contributed by atoms with van der Waals surface area (Å²) >= 11 is 0. The highest BCUT2D eigenvalue weighted by Crippen LogP contribution is 2.36. The summed E-state index contributed by atoms with van der Waals surface area (Å²) in [5.74, 6) is 0.0178. The van der Waals surface area contributed by atoms with Gasteiger partial charge in [0.2, 0.25) is 0 Å². The first kappa shape index (κ1) is 11.7. The maximum Gasteiger partial charge on any atom is 0.336 e. The molecule has 0 heterocycles. The van der Waals surface area contributed by atoms with Crippen LogP contribution in [0.25, 0.3) is 5.70 Å². The van der Waals surface area contributed by atoms with Crippen molar-refractivity contribution in [3.05, 3.63) is 41.0 Å². The second kappa shape index (κ2) is 4.62. The summed E-state index contributed by atoms with van der Waals surface area (Å²) < 4.78 is 5.04. The van der Waals surface area contributed by atoms with Gasteiger partial charge in [-0.1, -0.05) is 31.2 Å². The van der Waals surface area contributed by atoms with E-state index in [0.717, 1.165) is 5.56 Å². The van der Waals surface area contributed by atoms with Gasteiger partial charge in [-0.25, -0.2) is 4.79 Å². The van der Waals surface area contributed by atoms with E-state index in [2.05, 4.69) is 13.0 Å². The largest absolute Gasteiger partial charge is 0.463 e. The van der Waals surface area contributed by atoms with Crippen LogP contribution in [0, 0.1) is 0 Å². The Balaban J connectivity index is 2.46. The predicted octanol–water partition coefficient (Wildman–Crippen LogP) is 2.43. The topological polar surface area (TPSA) is 52.3 Å². The standard InChI is InChI=1S/C14H17NO2/c1-3-17-14(16)12-8-9(2)10-6-4-5-7-11(10)13(12)15/h4-7,9H,3,8,15H2,1-2H3. The number of hydrogen-bond donors (Lipinski definition) is 1. The highest BCUT2D eigenvalue weighted by atomic mass is 16.5. The second-order valence-corrected chi connectivity index (χ2v) is 4.31. The van der Waals surface area contributed by atoms with Gasteiger partial charge in [-0.2, -0.15) is 0 Å². The zero-order chi connectivity index (χ0) is 12.4. The quantitative estimate of drug-likeness (QED) is 0.795. The maximum absolute atomic E-state index is 11.8. The lowest BCUT2D eigenvalue weighted by Crippen LogP contribution is -2.20. The van der Waals surface area contributed by atoms with Crippen LogP contribution in [0.2, 0.25) is 0 Å². The van der Waals surface area contributed by atoms with Gasteiger partial charge in [-0.05, 0) is 24.8 Å². The van der Waals surface area contributed by atoms with Crippen LogP contribution in [0.15, 0.2) is 29.8 Å². The van der Waals surface area contributed by atoms with Gasteiger partial charge in [0.25, 0.3) is 0 Å². The van der Waals surface area contributed by atoms with E-state index in [4.69, 9.17) is 10.5 Å². The first-order chi connectivity index (χ1) is 8.15. The molecule has 17 heavy (non-hydrogen) atoms. The van der Waals surface area contributed by atoms with E-state index < -0.39 is 0 Å². The van der Waals surface area contributed by atoms with E-state index in [9.17, 15) is 4.79 Å². The highest BCUT2D eigenvalue weighted by Gasteiger charge is 2.26. The van der Waals surface area contributed by atoms with Crippen LogP contribution in [-0.4, -0.2) is 12.6 Å². The van der Waals surface area contributed by atoms with Gasteiger partial charge in [-0.15, -0.1) is 0 Å². The molecule has 0 aromatic heterocycles. The highest BCUT2D eigenvalue weighted by molar-refractivity contribution is 5.98. The molecule has 2 N–H and O–H groups in total. The molecule has 0 radical (unpaired) electrons. The average Bonchev–Trinajstić information content (AvgIpc) is 2.34. The van der Waals surface area contributed by atoms with Crippen LogP contribution in [0.4, 0.5) is 0 Å². The van der Waals surface area contributed by atoms with Crippen LogP contribution in [0.3, 0.4) is 0 Å². The second-order valence-electron chi connectivity index (χ2n) is 4.31. The van der Waals surface area contributed by atoms with Crippen LogP contribution in [0.5, 0.6) is 0 Å². The molecule has 1 aliphatic rings. The Hall–Kier alpha value is -1.77. The maximum atomic E-state index is 11.8. The summed E-state index contributed by atoms with van der Waals surface area (Å²) in [6, 6.07) is 7.96. The Kier molecular flexibility index (Phi) is 3.18. The molecule has 1 aromatic carbocycles. The van der Waals surface area contributed by atoms with Gasteiger partial charge in [0, 0.05) is 11.3 Å². The minimum absolute atomic E-state index is 0.286. The summed E-state index contributed by atoms with van der Waals surface area (Å²) in [6.45, 7) is 4.28. The first-order valence-electron chi connectivity index (χ1n) is 5.90. The summed E-state index contributed by atoms with van der Waals surface area (Å²) in [5, 5.41) is 0. The molecule has 0 bridgehead atoms. The summed E-state index contributed by atoms with van der Waals surface area (Å²) in [7, 11) is 0. The van der Waals surface area contributed by atoms with Crippen molar-refractivity contribution in [1.29, 1.82) is 0 Å². The van der Waals surface area contributed by atoms with Crippen molar-refractivity contribution in [2.24, 2.45) is 5.73 Å². The van der Waals surface area contributed by atoms with Crippen LogP contribution in [-0.2, 0) is 9.53 Å². The fourth-order valence-electron chi connectivity index (χ4n) is 2.27. The minimum Gasteiger partial charge on any atom is -0.463 e. The fraction of sp³-hybridized carbons (Fsp3) is 0.357. The van der Waals surface area contributed by atoms with Gasteiger partial charge >= 0.3 is 5.97 Å². The molecule has 0 saturated carbocycles. The molecule has 1 aromatic rings. The molecule has 1 aliphatic carbocycles. The SMILES string of the molecule is CCOC(=O)C1=C(N)c2ccccc2C(C)C1. The Morgan fingerprint density at radius 1 is 1.47 bits per heavy atom. The van der Waals surface area contributed by atoms with Crippen molar-refractivity contribution < 1.29 is 9.53 Å². The third-order valence-electron chi connectivity index (χ3n) is 3.14. The average molecular weight is 231 g/mol. The van der Waals surface area contributed by atoms with Crippen molar-refractivity contribution in [1.82, 2.24) is 0 Å². The molecule has 0 spiro atoms. The van der Waals surface area contributed by atoms with Crippen LogP contribution >= 0.6 is 0 Å². The third kappa shape index (κ3) is 2.05. The Bertz CT molecular complexity index is 477. The normalized spacial score (nSPS) is 18.8. The van der Waals surface area contributed by atoms with Crippen LogP contribution < -0.4 is 5.73 Å². The van der Waals surface area contributed by atoms with Gasteiger partial charge in [0.05, 0.1) is 12.2 Å². The number of esters is 1. The Morgan fingerprint density at radius 3 is 2.88 bits per heavy atom. The van der Waals surface area contributed by atoms with E-state index in [1.165, 1.54) is 5.56 Å². The molecule has 1 atom stereocenters. The number of rotatable bonds is 2. The van der Waals surface area contributed by atoms with Gasteiger partial charge in [-0.3, -0.25) is 0 Å². The Labute approximate surface area is 101 Å². The fourth-order valence-corrected chi connectivity index (χ4v) is 2.27. The number of carbonyl (C=O) groups excluding carboxylic acids is 1. The molecule has 3 nitrogen and oxygen atoms in total. The molecule has 3 heteroatoms. The van der Waals surface area contributed by atoms with Gasteiger partial charge in [0.15, 0.2) is 0 Å². The van der Waals surface area contributed by atoms with E-state index in [0.29, 0.717) is 30.2 Å². The zero-order valence-corrected chi connectivity index (χ0v) is 10.2. The van der Waals surface area contributed by atoms with Crippen molar-refractivity contribution in [2.75, 3.05) is 6.61 Å². The van der Waals surface area contributed by atoms with Crippen molar-refractivity contribution in [2.45, 2.75) is 26.2 Å². The van der Waals surface area contributed by atoms with Crippen molar-refractivity contribution in [3.63, 3.8) is 0 Å². The molecule has 0 fully saturated rings. The molecule has 90 valence electrons. The first-order valence-corrected chi connectivity index (χ1v) is 5.90. The van der Waals surface area contributed by atoms with E-state index in [1.807, 2.05) is 18.2 Å².